The number of allylic oxidation sites excluding steroid dienone is 1. The minimum atomic E-state index is -0.0396. The van der Waals surface area contributed by atoms with Gasteiger partial charge >= 0.3 is 0 Å². The number of methoxy groups -OCH3 is 2. The molecule has 0 atom stereocenters. The van der Waals surface area contributed by atoms with Gasteiger partial charge in [-0.25, -0.2) is 0 Å². The standard InChI is InChI=1S/C29H32N2O3/c1-7-31-27-17-28(33-6)21(16-26(27)20(2)18-29(31,3)4)19-30-22-8-10-24(11-9-22)34-25-14-12-23(32-5)13-15-25/h8-19H,7H2,1-6H3. The van der Waals surface area contributed by atoms with E-state index in [2.05, 4.69) is 55.8 Å². The second-order valence-corrected chi connectivity index (χ2v) is 8.87. The van der Waals surface area contributed by atoms with Crippen molar-refractivity contribution in [3.05, 3.63) is 77.9 Å². The smallest absolute Gasteiger partial charge is 0.129 e. The van der Waals surface area contributed by atoms with Gasteiger partial charge in [-0.1, -0.05) is 6.08 Å². The second-order valence-electron chi connectivity index (χ2n) is 8.87. The van der Waals surface area contributed by atoms with Crippen LogP contribution in [0.2, 0.25) is 0 Å². The van der Waals surface area contributed by atoms with Gasteiger partial charge in [0.15, 0.2) is 0 Å². The number of ether oxygens (including phenoxy) is 3. The number of anilines is 1. The van der Waals surface area contributed by atoms with Gasteiger partial charge in [0.2, 0.25) is 0 Å². The van der Waals surface area contributed by atoms with Crippen molar-refractivity contribution in [2.75, 3.05) is 25.7 Å². The SMILES string of the molecule is CCN1c2cc(OC)c(C=Nc3ccc(Oc4ccc(OC)cc4)cc3)cc2C(C)=CC1(C)C. The van der Waals surface area contributed by atoms with Gasteiger partial charge in [0.05, 0.1) is 25.4 Å². The van der Waals surface area contributed by atoms with E-state index in [0.29, 0.717) is 0 Å². The van der Waals surface area contributed by atoms with Gasteiger partial charge < -0.3 is 19.1 Å². The highest BCUT2D eigenvalue weighted by molar-refractivity contribution is 5.92. The van der Waals surface area contributed by atoms with E-state index in [1.165, 1.54) is 16.8 Å². The average molecular weight is 457 g/mol. The van der Waals surface area contributed by atoms with Crippen LogP contribution in [0.5, 0.6) is 23.0 Å². The Morgan fingerprint density at radius 2 is 1.50 bits per heavy atom. The Balaban J connectivity index is 1.56. The highest BCUT2D eigenvalue weighted by Crippen LogP contribution is 2.41. The lowest BCUT2D eigenvalue weighted by Gasteiger charge is -2.43. The molecular weight excluding hydrogens is 424 g/mol. The molecule has 4 rings (SSSR count). The molecule has 176 valence electrons. The van der Waals surface area contributed by atoms with Crippen LogP contribution in [0.1, 0.15) is 38.8 Å². The van der Waals surface area contributed by atoms with Gasteiger partial charge in [-0.3, -0.25) is 4.99 Å². The fourth-order valence-electron chi connectivity index (χ4n) is 4.50. The lowest BCUT2D eigenvalue weighted by Crippen LogP contribution is -2.44. The lowest BCUT2D eigenvalue weighted by molar-refractivity contribution is 0.413. The third-order valence-electron chi connectivity index (χ3n) is 6.13. The molecule has 5 heteroatoms. The molecule has 0 N–H and O–H groups in total. The maximum absolute atomic E-state index is 5.91. The molecule has 3 aromatic carbocycles. The van der Waals surface area contributed by atoms with E-state index in [4.69, 9.17) is 14.2 Å². The highest BCUT2D eigenvalue weighted by atomic mass is 16.5. The number of fused-ring (bicyclic) bond motifs is 1. The third kappa shape index (κ3) is 4.79. The summed E-state index contributed by atoms with van der Waals surface area (Å²) in [4.78, 5) is 7.09. The van der Waals surface area contributed by atoms with Crippen LogP contribution < -0.4 is 19.1 Å². The fraction of sp³-hybridized carbons (Fsp3) is 0.276. The lowest BCUT2D eigenvalue weighted by atomic mass is 9.88. The van der Waals surface area contributed by atoms with Gasteiger partial charge in [-0.2, -0.15) is 0 Å². The number of hydrogen-bond donors (Lipinski definition) is 0. The quantitative estimate of drug-likeness (QED) is 0.351. The molecule has 0 aromatic heterocycles. The first kappa shape index (κ1) is 23.4. The largest absolute Gasteiger partial charge is 0.497 e. The average Bonchev–Trinajstić information content (AvgIpc) is 2.83. The first-order valence-corrected chi connectivity index (χ1v) is 11.5. The number of hydrogen-bond acceptors (Lipinski definition) is 5. The topological polar surface area (TPSA) is 43.3 Å². The Bertz CT molecular complexity index is 1210. The van der Waals surface area contributed by atoms with Crippen LogP contribution in [-0.2, 0) is 0 Å². The summed E-state index contributed by atoms with van der Waals surface area (Å²) < 4.78 is 16.8. The van der Waals surface area contributed by atoms with Crippen LogP contribution >= 0.6 is 0 Å². The van der Waals surface area contributed by atoms with Crippen molar-refractivity contribution >= 4 is 23.2 Å². The Hall–Kier alpha value is -3.73. The van der Waals surface area contributed by atoms with Gasteiger partial charge in [0.25, 0.3) is 0 Å². The maximum Gasteiger partial charge on any atom is 0.129 e. The van der Waals surface area contributed by atoms with Crippen molar-refractivity contribution in [3.63, 3.8) is 0 Å². The van der Waals surface area contributed by atoms with Crippen LogP contribution in [0.15, 0.2) is 71.7 Å². The number of rotatable bonds is 7. The van der Waals surface area contributed by atoms with E-state index in [-0.39, 0.29) is 5.54 Å². The molecule has 0 saturated carbocycles. The molecule has 0 saturated heterocycles. The monoisotopic (exact) mass is 456 g/mol. The maximum atomic E-state index is 5.91. The molecule has 0 unspecified atom stereocenters. The van der Waals surface area contributed by atoms with Gasteiger partial charge in [-0.15, -0.1) is 0 Å². The molecular formula is C29H32N2O3. The van der Waals surface area contributed by atoms with Crippen LogP contribution in [0.4, 0.5) is 11.4 Å². The third-order valence-corrected chi connectivity index (χ3v) is 6.13. The molecule has 5 nitrogen and oxygen atoms in total. The zero-order chi connectivity index (χ0) is 24.3. The van der Waals surface area contributed by atoms with Gasteiger partial charge in [0.1, 0.15) is 23.0 Å². The minimum Gasteiger partial charge on any atom is -0.497 e. The van der Waals surface area contributed by atoms with E-state index in [9.17, 15) is 0 Å². The van der Waals surface area contributed by atoms with Crippen LogP contribution in [0.3, 0.4) is 0 Å². The van der Waals surface area contributed by atoms with Crippen molar-refractivity contribution in [1.29, 1.82) is 0 Å². The van der Waals surface area contributed by atoms with E-state index in [0.717, 1.165) is 40.8 Å². The number of benzene rings is 3. The predicted octanol–water partition coefficient (Wildman–Crippen LogP) is 7.27. The number of nitrogens with zero attached hydrogens (tertiary/aromatic N) is 2. The molecule has 3 aromatic rings. The second kappa shape index (κ2) is 9.64. The van der Waals surface area contributed by atoms with Crippen LogP contribution in [0, 0.1) is 0 Å². The van der Waals surface area contributed by atoms with Crippen molar-refractivity contribution < 1.29 is 14.2 Å². The van der Waals surface area contributed by atoms with E-state index >= 15 is 0 Å². The van der Waals surface area contributed by atoms with Crippen LogP contribution in [0.25, 0.3) is 5.57 Å². The zero-order valence-electron chi connectivity index (χ0n) is 20.8. The Morgan fingerprint density at radius 1 is 0.882 bits per heavy atom. The normalized spacial score (nSPS) is 14.5. The summed E-state index contributed by atoms with van der Waals surface area (Å²) in [5, 5.41) is 0. The van der Waals surface area contributed by atoms with Gasteiger partial charge in [-0.05, 0) is 87.9 Å². The fourth-order valence-corrected chi connectivity index (χ4v) is 4.50. The number of aliphatic imine (C=N–C) groups is 1. The Kier molecular flexibility index (Phi) is 6.64. The Morgan fingerprint density at radius 3 is 2.09 bits per heavy atom. The van der Waals surface area contributed by atoms with Crippen molar-refractivity contribution in [2.24, 2.45) is 4.99 Å². The van der Waals surface area contributed by atoms with Gasteiger partial charge in [0, 0.05) is 35.6 Å². The summed E-state index contributed by atoms with van der Waals surface area (Å²) in [6.07, 6.45) is 4.19. The van der Waals surface area contributed by atoms with E-state index < -0.39 is 0 Å². The minimum absolute atomic E-state index is 0.0396. The predicted molar refractivity (Wildman–Crippen MR) is 141 cm³/mol. The molecule has 0 fully saturated rings. The number of likely N-dealkylation sites (N-methyl/N-ethyl adjacent to an activating group) is 1. The van der Waals surface area contributed by atoms with Crippen molar-refractivity contribution in [3.8, 4) is 23.0 Å². The summed E-state index contributed by atoms with van der Waals surface area (Å²) in [6.45, 7) is 9.76. The molecule has 1 aliphatic rings. The molecule has 0 bridgehead atoms. The first-order chi connectivity index (χ1) is 16.3. The van der Waals surface area contributed by atoms with E-state index in [1.54, 1.807) is 14.2 Å². The summed E-state index contributed by atoms with van der Waals surface area (Å²) in [5.74, 6) is 3.11. The molecule has 0 radical (unpaired) electrons. The molecule has 1 aliphatic heterocycles. The summed E-state index contributed by atoms with van der Waals surface area (Å²) in [7, 11) is 3.35. The summed E-state index contributed by atoms with van der Waals surface area (Å²) >= 11 is 0. The summed E-state index contributed by atoms with van der Waals surface area (Å²) in [5.41, 5.74) is 5.42. The molecule has 0 spiro atoms. The summed E-state index contributed by atoms with van der Waals surface area (Å²) in [6, 6.07) is 19.5. The zero-order valence-corrected chi connectivity index (χ0v) is 20.8. The van der Waals surface area contributed by atoms with E-state index in [1.807, 2.05) is 54.7 Å². The highest BCUT2D eigenvalue weighted by Gasteiger charge is 2.31. The van der Waals surface area contributed by atoms with Crippen LogP contribution in [-0.4, -0.2) is 32.5 Å². The van der Waals surface area contributed by atoms with Crippen molar-refractivity contribution in [1.82, 2.24) is 0 Å². The van der Waals surface area contributed by atoms with Crippen molar-refractivity contribution in [2.45, 2.75) is 33.2 Å². The molecule has 34 heavy (non-hydrogen) atoms. The molecule has 1 heterocycles. The molecule has 0 aliphatic carbocycles. The first-order valence-electron chi connectivity index (χ1n) is 11.5. The molecule has 0 amide bonds. The Labute approximate surface area is 202 Å².